The number of carbonyl (C=O) groups is 1. The van der Waals surface area contributed by atoms with E-state index in [2.05, 4.69) is 15.3 Å². The highest BCUT2D eigenvalue weighted by molar-refractivity contribution is 5.94. The molecule has 0 atom stereocenters. The smallest absolute Gasteiger partial charge is 0.416 e. The summed E-state index contributed by atoms with van der Waals surface area (Å²) in [4.78, 5) is 21.4. The normalized spacial score (nSPS) is 11.7. The SMILES string of the molecule is C[N-]Cc1cc(C(F)(F)F)cc(C(F)(F)F)c1.Cc1cc(F)ccc1-c1cnc(OCCN(C)C)nc1C(=O)O. The molecule has 0 aliphatic carbocycles. The van der Waals surface area contributed by atoms with Gasteiger partial charge in [0.05, 0.1) is 11.1 Å². The van der Waals surface area contributed by atoms with Gasteiger partial charge in [0.1, 0.15) is 12.4 Å². The minimum absolute atomic E-state index is 0.00719. The Hall–Kier alpha value is -3.78. The van der Waals surface area contributed by atoms with Gasteiger partial charge in [0.15, 0.2) is 5.69 Å². The Balaban J connectivity index is 0.000000294. The Morgan fingerprint density at radius 2 is 1.60 bits per heavy atom. The van der Waals surface area contributed by atoms with Crippen LogP contribution in [0.3, 0.4) is 0 Å². The Morgan fingerprint density at radius 3 is 2.08 bits per heavy atom. The van der Waals surface area contributed by atoms with Crippen LogP contribution in [0.25, 0.3) is 16.4 Å². The molecule has 0 spiro atoms. The van der Waals surface area contributed by atoms with Crippen molar-refractivity contribution < 1.29 is 45.4 Å². The van der Waals surface area contributed by atoms with Crippen LogP contribution in [0.5, 0.6) is 6.01 Å². The average Bonchev–Trinajstić information content (AvgIpc) is 2.83. The van der Waals surface area contributed by atoms with E-state index >= 15 is 0 Å². The molecule has 0 radical (unpaired) electrons. The van der Waals surface area contributed by atoms with Crippen LogP contribution < -0.4 is 4.74 Å². The molecule has 0 aliphatic heterocycles. The van der Waals surface area contributed by atoms with E-state index < -0.39 is 29.4 Å². The second-order valence-electron chi connectivity index (χ2n) is 8.72. The zero-order valence-electron chi connectivity index (χ0n) is 21.9. The van der Waals surface area contributed by atoms with Crippen LogP contribution in [-0.2, 0) is 18.9 Å². The predicted molar refractivity (Wildman–Crippen MR) is 133 cm³/mol. The van der Waals surface area contributed by atoms with Gasteiger partial charge in [-0.15, -0.1) is 6.54 Å². The second kappa shape index (κ2) is 13.5. The van der Waals surface area contributed by atoms with Crippen LogP contribution in [0.15, 0.2) is 42.6 Å². The molecule has 0 unspecified atom stereocenters. The monoisotopic (exact) mass is 575 g/mol. The van der Waals surface area contributed by atoms with Crippen LogP contribution in [0.1, 0.15) is 32.7 Å². The molecule has 0 saturated heterocycles. The van der Waals surface area contributed by atoms with Crippen molar-refractivity contribution in [2.75, 3.05) is 34.3 Å². The fraction of sp³-hybridized carbons (Fsp3) is 0.346. The van der Waals surface area contributed by atoms with E-state index in [-0.39, 0.29) is 35.7 Å². The maximum absolute atomic E-state index is 13.2. The molecule has 40 heavy (non-hydrogen) atoms. The van der Waals surface area contributed by atoms with Crippen molar-refractivity contribution in [2.45, 2.75) is 25.8 Å². The van der Waals surface area contributed by atoms with Gasteiger partial charge in [0, 0.05) is 18.3 Å². The fourth-order valence-electron chi connectivity index (χ4n) is 3.34. The number of likely N-dealkylation sites (N-methyl/N-ethyl adjacent to an activating group) is 1. The van der Waals surface area contributed by atoms with Gasteiger partial charge in [0.25, 0.3) is 0 Å². The van der Waals surface area contributed by atoms with Crippen LogP contribution in [0.4, 0.5) is 30.7 Å². The Morgan fingerprint density at radius 1 is 1.00 bits per heavy atom. The number of aromatic nitrogens is 2. The second-order valence-corrected chi connectivity index (χ2v) is 8.72. The number of nitrogens with zero attached hydrogens (tertiary/aromatic N) is 4. The number of alkyl halides is 6. The average molecular weight is 576 g/mol. The van der Waals surface area contributed by atoms with E-state index in [0.29, 0.717) is 42.0 Å². The molecule has 14 heteroatoms. The molecule has 0 amide bonds. The van der Waals surface area contributed by atoms with Crippen molar-refractivity contribution in [3.8, 4) is 17.1 Å². The van der Waals surface area contributed by atoms with Gasteiger partial charge in [-0.3, -0.25) is 0 Å². The molecule has 218 valence electrons. The molecule has 0 saturated carbocycles. The molecule has 1 heterocycles. The first-order valence-corrected chi connectivity index (χ1v) is 11.5. The predicted octanol–water partition coefficient (Wildman–Crippen LogP) is 6.46. The number of halogens is 7. The molecule has 0 bridgehead atoms. The number of rotatable bonds is 8. The van der Waals surface area contributed by atoms with Crippen molar-refractivity contribution in [2.24, 2.45) is 0 Å². The van der Waals surface area contributed by atoms with E-state index in [0.717, 1.165) is 0 Å². The standard InChI is InChI=1S/C16H18FN3O3.C10H8F6N/c1-10-8-11(17)4-5-12(10)13-9-18-16(19-14(13)15(21)22)23-7-6-20(2)3;1-17-5-6-2-7(9(11,12)13)4-8(3-6)10(14,15)16/h4-5,8-9H,6-7H2,1-3H3,(H,21,22);2-4H,5H2,1H3/q;-1. The van der Waals surface area contributed by atoms with Crippen molar-refractivity contribution in [3.63, 3.8) is 0 Å². The summed E-state index contributed by atoms with van der Waals surface area (Å²) in [6.45, 7) is 2.52. The highest BCUT2D eigenvalue weighted by Gasteiger charge is 2.36. The number of hydrogen-bond acceptors (Lipinski definition) is 5. The molecule has 0 aliphatic rings. The molecule has 1 N–H and O–H groups in total. The van der Waals surface area contributed by atoms with Gasteiger partial charge in [0.2, 0.25) is 0 Å². The third-order valence-corrected chi connectivity index (χ3v) is 5.21. The highest BCUT2D eigenvalue weighted by Crippen LogP contribution is 2.36. The number of aryl methyl sites for hydroxylation is 1. The zero-order chi connectivity index (χ0) is 30.3. The first kappa shape index (κ1) is 32.4. The lowest BCUT2D eigenvalue weighted by Crippen LogP contribution is -2.20. The van der Waals surface area contributed by atoms with E-state index in [9.17, 15) is 40.6 Å². The van der Waals surface area contributed by atoms with Crippen LogP contribution in [0.2, 0.25) is 0 Å². The largest absolute Gasteiger partial charge is 0.661 e. The quantitative estimate of drug-likeness (QED) is 0.310. The molecular formula is C26H26F7N4O3-. The molecular weight excluding hydrogens is 549 g/mol. The minimum Gasteiger partial charge on any atom is -0.661 e. The summed E-state index contributed by atoms with van der Waals surface area (Å²) >= 11 is 0. The van der Waals surface area contributed by atoms with E-state index in [4.69, 9.17) is 4.74 Å². The number of hydrogen-bond donors (Lipinski definition) is 1. The van der Waals surface area contributed by atoms with E-state index in [1.165, 1.54) is 31.4 Å². The first-order chi connectivity index (χ1) is 18.5. The number of ether oxygens (including phenoxy) is 1. The molecule has 1 aromatic heterocycles. The number of benzene rings is 2. The van der Waals surface area contributed by atoms with Crippen LogP contribution in [0, 0.1) is 12.7 Å². The maximum atomic E-state index is 13.2. The maximum Gasteiger partial charge on any atom is 0.416 e. The van der Waals surface area contributed by atoms with Gasteiger partial charge in [-0.25, -0.2) is 14.2 Å². The summed E-state index contributed by atoms with van der Waals surface area (Å²) in [5.41, 5.74) is -1.41. The topological polar surface area (TPSA) is 89.7 Å². The lowest BCUT2D eigenvalue weighted by atomic mass is 10.0. The van der Waals surface area contributed by atoms with Crippen molar-refractivity contribution in [1.29, 1.82) is 0 Å². The summed E-state index contributed by atoms with van der Waals surface area (Å²) in [5, 5.41) is 12.9. The van der Waals surface area contributed by atoms with E-state index in [1.807, 2.05) is 19.0 Å². The summed E-state index contributed by atoms with van der Waals surface area (Å²) < 4.78 is 92.9. The summed E-state index contributed by atoms with van der Waals surface area (Å²) in [6, 6.07) is 5.57. The summed E-state index contributed by atoms with van der Waals surface area (Å²) in [6.07, 6.45) is -8.21. The molecule has 7 nitrogen and oxygen atoms in total. The number of carboxylic acid groups (broad SMARTS) is 1. The Labute approximate surface area is 225 Å². The Kier molecular flexibility index (Phi) is 11.0. The van der Waals surface area contributed by atoms with Gasteiger partial charge in [-0.1, -0.05) is 11.6 Å². The van der Waals surface area contributed by atoms with Crippen molar-refractivity contribution in [3.05, 3.63) is 81.7 Å². The van der Waals surface area contributed by atoms with Crippen LogP contribution >= 0.6 is 0 Å². The van der Waals surface area contributed by atoms with Crippen LogP contribution in [-0.4, -0.2) is 60.2 Å². The van der Waals surface area contributed by atoms with Gasteiger partial charge in [-0.2, -0.15) is 38.4 Å². The first-order valence-electron chi connectivity index (χ1n) is 11.5. The zero-order valence-corrected chi connectivity index (χ0v) is 21.9. The Bertz CT molecular complexity index is 1280. The summed E-state index contributed by atoms with van der Waals surface area (Å²) in [7, 11) is 5.11. The third-order valence-electron chi connectivity index (χ3n) is 5.21. The molecule has 3 aromatic rings. The highest BCUT2D eigenvalue weighted by atomic mass is 19.4. The molecule has 3 rings (SSSR count). The minimum atomic E-state index is -4.80. The summed E-state index contributed by atoms with van der Waals surface area (Å²) in [5.74, 6) is -1.57. The van der Waals surface area contributed by atoms with Gasteiger partial charge >= 0.3 is 24.3 Å². The lowest BCUT2D eigenvalue weighted by molar-refractivity contribution is -0.143. The fourth-order valence-corrected chi connectivity index (χ4v) is 3.34. The number of carboxylic acids is 1. The van der Waals surface area contributed by atoms with Gasteiger partial charge in [-0.05, 0) is 62.5 Å². The lowest BCUT2D eigenvalue weighted by Gasteiger charge is -2.17. The van der Waals surface area contributed by atoms with Crippen molar-refractivity contribution >= 4 is 5.97 Å². The number of aromatic carboxylic acids is 1. The van der Waals surface area contributed by atoms with Gasteiger partial charge < -0.3 is 20.1 Å². The van der Waals surface area contributed by atoms with Crippen molar-refractivity contribution in [1.82, 2.24) is 14.9 Å². The molecule has 0 fully saturated rings. The third kappa shape index (κ3) is 9.45. The molecule has 2 aromatic carbocycles. The van der Waals surface area contributed by atoms with E-state index in [1.54, 1.807) is 6.92 Å².